The van der Waals surface area contributed by atoms with Crippen LogP contribution < -0.4 is 14.8 Å². The number of benzene rings is 2. The maximum absolute atomic E-state index is 12.4. The molecule has 2 aromatic carbocycles. The zero-order valence-electron chi connectivity index (χ0n) is 15.5. The molecule has 0 saturated heterocycles. The monoisotopic (exact) mass is 363 g/mol. The van der Waals surface area contributed by atoms with Crippen LogP contribution in [-0.2, 0) is 0 Å². The number of carbonyl (C=O) groups is 1. The number of nitrogens with one attached hydrogen (secondary N) is 1. The van der Waals surface area contributed by atoms with Crippen molar-refractivity contribution in [1.82, 2.24) is 9.97 Å². The smallest absolute Gasteiger partial charge is 0.322 e. The average molecular weight is 363 g/mol. The van der Waals surface area contributed by atoms with E-state index < -0.39 is 0 Å². The molecule has 0 spiro atoms. The Kier molecular flexibility index (Phi) is 5.66. The molecular formula is C21H21N3O3. The van der Waals surface area contributed by atoms with E-state index in [4.69, 9.17) is 9.47 Å². The SMILES string of the molecule is CCOc1ccc(C(=O)Nc2cccc(Oc3nc(C)cc(C)n3)c2)cc1. The predicted molar refractivity (Wildman–Crippen MR) is 104 cm³/mol. The van der Waals surface area contributed by atoms with Gasteiger partial charge in [0.15, 0.2) is 0 Å². The van der Waals surface area contributed by atoms with E-state index in [0.717, 1.165) is 17.1 Å². The Bertz CT molecular complexity index is 919. The van der Waals surface area contributed by atoms with Crippen molar-refractivity contribution in [3.63, 3.8) is 0 Å². The third kappa shape index (κ3) is 5.04. The second-order valence-electron chi connectivity index (χ2n) is 5.97. The first kappa shape index (κ1) is 18.4. The van der Waals surface area contributed by atoms with E-state index >= 15 is 0 Å². The van der Waals surface area contributed by atoms with Crippen molar-refractivity contribution in [1.29, 1.82) is 0 Å². The van der Waals surface area contributed by atoms with Gasteiger partial charge in [0.1, 0.15) is 11.5 Å². The summed E-state index contributed by atoms with van der Waals surface area (Å²) in [7, 11) is 0. The Hall–Kier alpha value is -3.41. The largest absolute Gasteiger partial charge is 0.494 e. The zero-order chi connectivity index (χ0) is 19.2. The third-order valence-electron chi connectivity index (χ3n) is 3.69. The van der Waals surface area contributed by atoms with Crippen molar-refractivity contribution in [3.8, 4) is 17.5 Å². The topological polar surface area (TPSA) is 73.3 Å². The van der Waals surface area contributed by atoms with E-state index in [9.17, 15) is 4.79 Å². The molecule has 3 aromatic rings. The number of amides is 1. The number of rotatable bonds is 6. The number of carbonyl (C=O) groups excluding carboxylic acids is 1. The van der Waals surface area contributed by atoms with Crippen molar-refractivity contribution in [2.24, 2.45) is 0 Å². The van der Waals surface area contributed by atoms with Crippen LogP contribution in [0.15, 0.2) is 54.6 Å². The molecule has 0 aliphatic carbocycles. The fourth-order valence-electron chi connectivity index (χ4n) is 2.55. The van der Waals surface area contributed by atoms with Gasteiger partial charge in [-0.25, -0.2) is 9.97 Å². The summed E-state index contributed by atoms with van der Waals surface area (Å²) in [5.74, 6) is 1.07. The van der Waals surface area contributed by atoms with E-state index in [1.807, 2.05) is 26.8 Å². The maximum Gasteiger partial charge on any atom is 0.322 e. The van der Waals surface area contributed by atoms with Crippen molar-refractivity contribution >= 4 is 11.6 Å². The molecule has 0 radical (unpaired) electrons. The molecule has 1 aromatic heterocycles. The quantitative estimate of drug-likeness (QED) is 0.696. The second kappa shape index (κ2) is 8.31. The Morgan fingerprint density at radius 1 is 0.963 bits per heavy atom. The lowest BCUT2D eigenvalue weighted by Crippen LogP contribution is -2.11. The van der Waals surface area contributed by atoms with E-state index in [0.29, 0.717) is 23.6 Å². The number of anilines is 1. The minimum Gasteiger partial charge on any atom is -0.494 e. The molecule has 0 saturated carbocycles. The molecule has 1 heterocycles. The van der Waals surface area contributed by atoms with Gasteiger partial charge < -0.3 is 14.8 Å². The standard InChI is InChI=1S/C21H21N3O3/c1-4-26-18-10-8-16(9-11-18)20(25)24-17-6-5-7-19(13-17)27-21-22-14(2)12-15(3)23-21/h5-13H,4H2,1-3H3,(H,24,25). The van der Waals surface area contributed by atoms with E-state index in [-0.39, 0.29) is 11.9 Å². The summed E-state index contributed by atoms with van der Waals surface area (Å²) >= 11 is 0. The molecule has 0 fully saturated rings. The summed E-state index contributed by atoms with van der Waals surface area (Å²) in [4.78, 5) is 20.9. The van der Waals surface area contributed by atoms with Gasteiger partial charge in [0, 0.05) is 28.7 Å². The van der Waals surface area contributed by atoms with Crippen LogP contribution in [0.25, 0.3) is 0 Å². The summed E-state index contributed by atoms with van der Waals surface area (Å²) in [5, 5.41) is 2.86. The van der Waals surface area contributed by atoms with Gasteiger partial charge >= 0.3 is 6.01 Å². The lowest BCUT2D eigenvalue weighted by atomic mass is 10.2. The minimum atomic E-state index is -0.210. The third-order valence-corrected chi connectivity index (χ3v) is 3.69. The number of ether oxygens (including phenoxy) is 2. The van der Waals surface area contributed by atoms with Crippen molar-refractivity contribution in [3.05, 3.63) is 71.5 Å². The summed E-state index contributed by atoms with van der Waals surface area (Å²) in [6.45, 7) is 6.27. The molecule has 1 amide bonds. The summed E-state index contributed by atoms with van der Waals surface area (Å²) in [6.07, 6.45) is 0. The van der Waals surface area contributed by atoms with Crippen LogP contribution >= 0.6 is 0 Å². The molecule has 6 heteroatoms. The van der Waals surface area contributed by atoms with Crippen LogP contribution in [0.1, 0.15) is 28.7 Å². The lowest BCUT2D eigenvalue weighted by molar-refractivity contribution is 0.102. The van der Waals surface area contributed by atoms with Crippen molar-refractivity contribution in [2.75, 3.05) is 11.9 Å². The van der Waals surface area contributed by atoms with Gasteiger partial charge in [-0.05, 0) is 63.2 Å². The number of aryl methyl sites for hydroxylation is 2. The molecule has 138 valence electrons. The van der Waals surface area contributed by atoms with E-state index in [1.165, 1.54) is 0 Å². The molecule has 1 N–H and O–H groups in total. The van der Waals surface area contributed by atoms with Crippen LogP contribution in [0.5, 0.6) is 17.5 Å². The predicted octanol–water partition coefficient (Wildman–Crippen LogP) is 4.54. The zero-order valence-corrected chi connectivity index (χ0v) is 15.5. The van der Waals surface area contributed by atoms with Gasteiger partial charge in [-0.1, -0.05) is 6.07 Å². The molecular weight excluding hydrogens is 342 g/mol. The average Bonchev–Trinajstić information content (AvgIpc) is 2.62. The summed E-state index contributed by atoms with van der Waals surface area (Å²) in [5.41, 5.74) is 2.83. The first-order valence-electron chi connectivity index (χ1n) is 8.68. The maximum atomic E-state index is 12.4. The molecule has 6 nitrogen and oxygen atoms in total. The van der Waals surface area contributed by atoms with Crippen molar-refractivity contribution in [2.45, 2.75) is 20.8 Å². The molecule has 27 heavy (non-hydrogen) atoms. The Labute approximate surface area is 158 Å². The highest BCUT2D eigenvalue weighted by Crippen LogP contribution is 2.23. The lowest BCUT2D eigenvalue weighted by Gasteiger charge is -2.09. The fraction of sp³-hybridized carbons (Fsp3) is 0.190. The van der Waals surface area contributed by atoms with Crippen LogP contribution in [0.4, 0.5) is 5.69 Å². The Morgan fingerprint density at radius 3 is 2.33 bits per heavy atom. The molecule has 0 unspecified atom stereocenters. The van der Waals surface area contributed by atoms with Gasteiger partial charge in [0.05, 0.1) is 6.61 Å². The van der Waals surface area contributed by atoms with E-state index in [2.05, 4.69) is 15.3 Å². The molecule has 0 aliphatic heterocycles. The van der Waals surface area contributed by atoms with Gasteiger partial charge in [-0.2, -0.15) is 0 Å². The molecule has 3 rings (SSSR count). The minimum absolute atomic E-state index is 0.210. The number of hydrogen-bond acceptors (Lipinski definition) is 5. The van der Waals surface area contributed by atoms with Gasteiger partial charge in [-0.15, -0.1) is 0 Å². The van der Waals surface area contributed by atoms with E-state index in [1.54, 1.807) is 48.5 Å². The normalized spacial score (nSPS) is 10.3. The van der Waals surface area contributed by atoms with Gasteiger partial charge in [-0.3, -0.25) is 4.79 Å². The Balaban J connectivity index is 1.70. The molecule has 0 atom stereocenters. The van der Waals surface area contributed by atoms with Crippen LogP contribution in [0.2, 0.25) is 0 Å². The summed E-state index contributed by atoms with van der Waals surface area (Å²) in [6, 6.07) is 16.3. The fourth-order valence-corrected chi connectivity index (χ4v) is 2.55. The van der Waals surface area contributed by atoms with Crippen LogP contribution in [-0.4, -0.2) is 22.5 Å². The number of hydrogen-bond donors (Lipinski definition) is 1. The summed E-state index contributed by atoms with van der Waals surface area (Å²) < 4.78 is 11.1. The van der Waals surface area contributed by atoms with Gasteiger partial charge in [0.2, 0.25) is 0 Å². The highest BCUT2D eigenvalue weighted by atomic mass is 16.5. The Morgan fingerprint density at radius 2 is 1.67 bits per heavy atom. The number of nitrogens with zero attached hydrogens (tertiary/aromatic N) is 2. The van der Waals surface area contributed by atoms with Crippen LogP contribution in [0.3, 0.4) is 0 Å². The first-order valence-corrected chi connectivity index (χ1v) is 8.68. The number of aromatic nitrogens is 2. The second-order valence-corrected chi connectivity index (χ2v) is 5.97. The van der Waals surface area contributed by atoms with Gasteiger partial charge in [0.25, 0.3) is 5.91 Å². The van der Waals surface area contributed by atoms with Crippen molar-refractivity contribution < 1.29 is 14.3 Å². The highest BCUT2D eigenvalue weighted by molar-refractivity contribution is 6.04. The first-order chi connectivity index (χ1) is 13.0. The molecule has 0 aliphatic rings. The molecule has 0 bridgehead atoms. The highest BCUT2D eigenvalue weighted by Gasteiger charge is 2.08. The van der Waals surface area contributed by atoms with Crippen LogP contribution in [0, 0.1) is 13.8 Å².